The third-order valence-electron chi connectivity index (χ3n) is 6.57. The molecule has 4 nitrogen and oxygen atoms in total. The van der Waals surface area contributed by atoms with Gasteiger partial charge in [0.1, 0.15) is 0 Å². The molecule has 25 heavy (non-hydrogen) atoms. The van der Waals surface area contributed by atoms with Crippen LogP contribution in [0.1, 0.15) is 37.3 Å². The molecule has 8 heteroatoms. The number of hydrogen-bond acceptors (Lipinski definition) is 4. The Morgan fingerprint density at radius 1 is 1.32 bits per heavy atom. The molecule has 3 fully saturated rings. The van der Waals surface area contributed by atoms with E-state index in [0.717, 1.165) is 31.4 Å². The van der Waals surface area contributed by atoms with Crippen molar-refractivity contribution in [1.29, 1.82) is 5.26 Å². The minimum absolute atomic E-state index is 0.0845. The van der Waals surface area contributed by atoms with Gasteiger partial charge in [-0.3, -0.25) is 13.4 Å². The van der Waals surface area contributed by atoms with E-state index < -0.39 is 32.8 Å². The van der Waals surface area contributed by atoms with Crippen LogP contribution in [0, 0.1) is 29.1 Å². The lowest BCUT2D eigenvalue weighted by atomic mass is 9.79. The number of halogens is 3. The molecule has 2 N–H and O–H groups in total. The van der Waals surface area contributed by atoms with Gasteiger partial charge in [-0.25, -0.2) is 0 Å². The highest BCUT2D eigenvalue weighted by atomic mass is 32.3. The van der Waals surface area contributed by atoms with Crippen LogP contribution in [0.2, 0.25) is 0 Å². The zero-order chi connectivity index (χ0) is 18.2. The summed E-state index contributed by atoms with van der Waals surface area (Å²) in [6, 6.07) is 4.92. The number of alkyl halides is 3. The molecule has 2 aliphatic carbocycles. The Balaban J connectivity index is 1.78. The molecule has 2 bridgehead atoms. The van der Waals surface area contributed by atoms with Gasteiger partial charge in [0, 0.05) is 12.5 Å². The maximum Gasteiger partial charge on any atom is 0.417 e. The van der Waals surface area contributed by atoms with E-state index >= 15 is 0 Å². The van der Waals surface area contributed by atoms with Gasteiger partial charge >= 0.3 is 6.18 Å². The number of anilines is 1. The zero-order valence-corrected chi connectivity index (χ0v) is 14.4. The largest absolute Gasteiger partial charge is 0.417 e. The van der Waals surface area contributed by atoms with Gasteiger partial charge in [-0.05, 0) is 56.2 Å². The van der Waals surface area contributed by atoms with Crippen molar-refractivity contribution in [2.45, 2.75) is 37.1 Å². The van der Waals surface area contributed by atoms with Crippen molar-refractivity contribution in [2.75, 3.05) is 10.8 Å². The minimum Gasteiger partial charge on any atom is -0.281 e. The fraction of sp³-hybridized carbons (Fsp3) is 0.588. The van der Waals surface area contributed by atoms with E-state index in [4.69, 9.17) is 5.26 Å². The van der Waals surface area contributed by atoms with E-state index in [1.807, 2.05) is 6.92 Å². The summed E-state index contributed by atoms with van der Waals surface area (Å²) in [6.07, 6.45) is -1.69. The van der Waals surface area contributed by atoms with Gasteiger partial charge in [0.05, 0.1) is 27.6 Å². The Morgan fingerprint density at radius 2 is 2.04 bits per heavy atom. The second-order valence-electron chi connectivity index (χ2n) is 7.48. The lowest BCUT2D eigenvalue weighted by Gasteiger charge is -2.51. The van der Waals surface area contributed by atoms with E-state index in [2.05, 4.69) is 0 Å². The molecular formula is C17H19F3N2O2S. The van der Waals surface area contributed by atoms with Crippen LogP contribution in [0.15, 0.2) is 18.2 Å². The first-order valence-electron chi connectivity index (χ1n) is 8.27. The molecule has 0 radical (unpaired) electrons. The second kappa shape index (κ2) is 5.06. The third kappa shape index (κ3) is 2.09. The molecular weight excluding hydrogens is 353 g/mol. The van der Waals surface area contributed by atoms with Gasteiger partial charge in [-0.15, -0.1) is 10.8 Å². The Kier molecular flexibility index (Phi) is 3.44. The summed E-state index contributed by atoms with van der Waals surface area (Å²) in [5.41, 5.74) is -1.37. The minimum atomic E-state index is -4.66. The van der Waals surface area contributed by atoms with Crippen LogP contribution in [0.25, 0.3) is 0 Å². The summed E-state index contributed by atoms with van der Waals surface area (Å²) in [5, 5.41) is 8.93. The highest BCUT2D eigenvalue weighted by molar-refractivity contribution is 8.26. The maximum absolute atomic E-state index is 13.2. The first-order chi connectivity index (χ1) is 11.6. The highest BCUT2D eigenvalue weighted by Gasteiger charge is 2.67. The molecule has 1 aromatic rings. The van der Waals surface area contributed by atoms with Gasteiger partial charge in [0.15, 0.2) is 0 Å². The summed E-state index contributed by atoms with van der Waals surface area (Å²) in [4.78, 5) is 0. The molecule has 4 atom stereocenters. The molecule has 136 valence electrons. The summed E-state index contributed by atoms with van der Waals surface area (Å²) >= 11 is 0. The zero-order valence-electron chi connectivity index (χ0n) is 13.6. The summed E-state index contributed by atoms with van der Waals surface area (Å²) < 4.78 is 62.4. The molecule has 1 heterocycles. The smallest absolute Gasteiger partial charge is 0.281 e. The fourth-order valence-electron chi connectivity index (χ4n) is 5.22. The maximum atomic E-state index is 13.2. The van der Waals surface area contributed by atoms with Crippen LogP contribution >= 0.6 is 10.8 Å². The van der Waals surface area contributed by atoms with Gasteiger partial charge in [0.2, 0.25) is 0 Å². The molecule has 0 spiro atoms. The van der Waals surface area contributed by atoms with Crippen molar-refractivity contribution in [2.24, 2.45) is 17.8 Å². The van der Waals surface area contributed by atoms with E-state index in [1.54, 1.807) is 6.07 Å². The third-order valence-corrected chi connectivity index (χ3v) is 9.36. The summed E-state index contributed by atoms with van der Waals surface area (Å²) in [5.74, 6) is 0.700. The molecule has 1 aliphatic heterocycles. The van der Waals surface area contributed by atoms with Crippen LogP contribution in [0.3, 0.4) is 0 Å². The highest BCUT2D eigenvalue weighted by Crippen LogP contribution is 2.76. The molecule has 1 aromatic carbocycles. The molecule has 3 aliphatic rings. The number of hydrogen-bond donors (Lipinski definition) is 2. The summed E-state index contributed by atoms with van der Waals surface area (Å²) in [6.45, 7) is 2.23. The average molecular weight is 372 g/mol. The van der Waals surface area contributed by atoms with Crippen LogP contribution in [0.5, 0.6) is 0 Å². The number of rotatable bonds is 1. The van der Waals surface area contributed by atoms with Crippen LogP contribution in [-0.4, -0.2) is 20.4 Å². The molecule has 0 aromatic heterocycles. The Bertz CT molecular complexity index is 776. The molecule has 2 saturated carbocycles. The van der Waals surface area contributed by atoms with E-state index in [9.17, 15) is 22.3 Å². The van der Waals surface area contributed by atoms with Crippen molar-refractivity contribution >= 4 is 16.5 Å². The van der Waals surface area contributed by atoms with Crippen LogP contribution in [-0.2, 0) is 6.18 Å². The van der Waals surface area contributed by atoms with Crippen molar-refractivity contribution in [1.82, 2.24) is 0 Å². The van der Waals surface area contributed by atoms with Gasteiger partial charge in [0.25, 0.3) is 0 Å². The van der Waals surface area contributed by atoms with Gasteiger partial charge in [-0.2, -0.15) is 18.4 Å². The monoisotopic (exact) mass is 372 g/mol. The van der Waals surface area contributed by atoms with E-state index in [0.29, 0.717) is 12.5 Å². The predicted molar refractivity (Wildman–Crippen MR) is 89.1 cm³/mol. The standard InChI is InChI=1S/C17H19F3N2O2S/c1-16-12-4-2-10(6-12)15(16)9-22(25(16,23)24)13-5-3-11(8-21)14(7-13)17(18,19)20/h3,5,7,10,12,15,23-24H,2,4,6,9H2,1H3/t10-,12+,15-,16+/m0/s1. The molecule has 4 rings (SSSR count). The number of fused-ring (bicyclic) bond motifs is 5. The van der Waals surface area contributed by atoms with Crippen molar-refractivity contribution < 1.29 is 22.3 Å². The Labute approximate surface area is 145 Å². The Hall–Kier alpha value is -1.43. The topological polar surface area (TPSA) is 67.5 Å². The second-order valence-corrected chi connectivity index (χ2v) is 9.84. The number of nitrogens with zero attached hydrogens (tertiary/aromatic N) is 2. The van der Waals surface area contributed by atoms with Crippen LogP contribution < -0.4 is 4.31 Å². The Morgan fingerprint density at radius 3 is 2.64 bits per heavy atom. The van der Waals surface area contributed by atoms with Gasteiger partial charge < -0.3 is 0 Å². The van der Waals surface area contributed by atoms with Crippen molar-refractivity contribution in [3.8, 4) is 6.07 Å². The first-order valence-corrected chi connectivity index (χ1v) is 9.78. The SMILES string of the molecule is C[C@@]12[C@@H]3CC[C@@H](C3)[C@@H]1CN(c1ccc(C#N)c(C(F)(F)F)c1)S2(O)O. The van der Waals surface area contributed by atoms with Crippen LogP contribution in [0.4, 0.5) is 18.9 Å². The van der Waals surface area contributed by atoms with Crippen molar-refractivity contribution in [3.63, 3.8) is 0 Å². The average Bonchev–Trinajstić information content (AvgIpc) is 3.17. The summed E-state index contributed by atoms with van der Waals surface area (Å²) in [7, 11) is -3.25. The van der Waals surface area contributed by atoms with E-state index in [1.165, 1.54) is 10.4 Å². The molecule has 1 saturated heterocycles. The first kappa shape index (κ1) is 17.0. The fourth-order valence-corrected chi connectivity index (χ4v) is 7.81. The van der Waals surface area contributed by atoms with Crippen molar-refractivity contribution in [3.05, 3.63) is 29.3 Å². The predicted octanol–water partition coefficient (Wildman–Crippen LogP) is 4.87. The lowest BCUT2D eigenvalue weighted by molar-refractivity contribution is -0.137. The van der Waals surface area contributed by atoms with E-state index in [-0.39, 0.29) is 17.5 Å². The number of benzene rings is 1. The quantitative estimate of drug-likeness (QED) is 0.738. The molecule has 0 unspecified atom stereocenters. The molecule has 0 amide bonds. The number of nitriles is 1. The van der Waals surface area contributed by atoms with Gasteiger partial charge in [-0.1, -0.05) is 0 Å². The normalized spacial score (nSPS) is 37.0. The lowest BCUT2D eigenvalue weighted by Crippen LogP contribution is -2.41.